The quantitative estimate of drug-likeness (QED) is 0.0818. The van der Waals surface area contributed by atoms with Gasteiger partial charge in [-0.1, -0.05) is 0 Å². The van der Waals surface area contributed by atoms with Gasteiger partial charge in [0.1, 0.15) is 116 Å². The third-order valence-electron chi connectivity index (χ3n) is 10.3. The molecule has 0 aliphatic carbocycles. The monoisotopic (exact) mass is 842 g/mol. The second kappa shape index (κ2) is 19.5. The molecule has 17 N–H and O–H groups in total. The maximum absolute atomic E-state index is 11.6. The number of carbonyl (C=O) groups is 1. The summed E-state index contributed by atoms with van der Waals surface area (Å²) < 4.78 is 49.5. The Labute approximate surface area is 320 Å². The Morgan fingerprint density at radius 1 is 0.368 bits per heavy atom. The van der Waals surface area contributed by atoms with Crippen LogP contribution < -0.4 is 0 Å². The summed E-state index contributed by atoms with van der Waals surface area (Å²) in [6, 6.07) is 0. The predicted molar refractivity (Wildman–Crippen MR) is 167 cm³/mol. The Balaban J connectivity index is 1.44. The summed E-state index contributed by atoms with van der Waals surface area (Å²) in [4.78, 5) is 11.6. The summed E-state index contributed by atoms with van der Waals surface area (Å²) in [5.74, 6) is -1.78. The van der Waals surface area contributed by atoms with Gasteiger partial charge in [0.25, 0.3) is 0 Å². The van der Waals surface area contributed by atoms with E-state index < -0.39 is 186 Å². The first-order valence-electron chi connectivity index (χ1n) is 17.6. The third-order valence-corrected chi connectivity index (χ3v) is 10.3. The zero-order valence-electron chi connectivity index (χ0n) is 29.4. The summed E-state index contributed by atoms with van der Waals surface area (Å²) in [5.41, 5.74) is 0. The minimum Gasteiger partial charge on any atom is -0.479 e. The number of hydrogen-bond acceptors (Lipinski definition) is 26. The fourth-order valence-electron chi connectivity index (χ4n) is 6.98. The highest BCUT2D eigenvalue weighted by atomic mass is 16.8. The van der Waals surface area contributed by atoms with Crippen molar-refractivity contribution in [1.82, 2.24) is 0 Å². The molecule has 25 atom stereocenters. The van der Waals surface area contributed by atoms with Gasteiger partial charge in [0.2, 0.25) is 0 Å². The number of aliphatic hydroxyl groups is 16. The van der Waals surface area contributed by atoms with Gasteiger partial charge in [-0.05, 0) is 0 Å². The maximum atomic E-state index is 11.6. The molecule has 5 fully saturated rings. The molecular formula is C30H50O27. The van der Waals surface area contributed by atoms with Crippen LogP contribution in [0.5, 0.6) is 0 Å². The fourth-order valence-corrected chi connectivity index (χ4v) is 6.98. The molecule has 0 aromatic rings. The Morgan fingerprint density at radius 2 is 0.772 bits per heavy atom. The summed E-state index contributed by atoms with van der Waals surface area (Å²) in [5, 5.41) is 177. The maximum Gasteiger partial charge on any atom is 0.335 e. The van der Waals surface area contributed by atoms with Crippen LogP contribution in [0.25, 0.3) is 0 Å². The molecule has 0 bridgehead atoms. The third kappa shape index (κ3) is 9.38. The van der Waals surface area contributed by atoms with E-state index in [1.165, 1.54) is 0 Å². The van der Waals surface area contributed by atoms with E-state index in [9.17, 15) is 91.6 Å². The van der Waals surface area contributed by atoms with Crippen LogP contribution in [0.2, 0.25) is 0 Å². The molecule has 27 heteroatoms. The lowest BCUT2D eigenvalue weighted by molar-refractivity contribution is -0.408. The van der Waals surface area contributed by atoms with E-state index in [1.54, 1.807) is 0 Å². The summed E-state index contributed by atoms with van der Waals surface area (Å²) in [7, 11) is 0. The van der Waals surface area contributed by atoms with Gasteiger partial charge in [-0.3, -0.25) is 0 Å². The van der Waals surface area contributed by atoms with Gasteiger partial charge in [0.05, 0.1) is 26.4 Å². The van der Waals surface area contributed by atoms with E-state index in [0.717, 1.165) is 0 Å². The van der Waals surface area contributed by atoms with Crippen molar-refractivity contribution < 1.29 is 134 Å². The molecular weight excluding hydrogens is 792 g/mol. The van der Waals surface area contributed by atoms with E-state index in [2.05, 4.69) is 0 Å². The van der Waals surface area contributed by atoms with E-state index in [4.69, 9.17) is 42.6 Å². The number of rotatable bonds is 13. The number of carboxylic acids is 1. The van der Waals surface area contributed by atoms with Gasteiger partial charge in [-0.25, -0.2) is 4.79 Å². The predicted octanol–water partition coefficient (Wildman–Crippen LogP) is -11.8. The highest BCUT2D eigenvalue weighted by Gasteiger charge is 2.58. The van der Waals surface area contributed by atoms with E-state index in [-0.39, 0.29) is 0 Å². The highest BCUT2D eigenvalue weighted by molar-refractivity contribution is 5.73. The van der Waals surface area contributed by atoms with Gasteiger partial charge in [0, 0.05) is 0 Å². The van der Waals surface area contributed by atoms with Crippen LogP contribution in [-0.2, 0) is 47.4 Å². The largest absolute Gasteiger partial charge is 0.479 e. The second-order valence-electron chi connectivity index (χ2n) is 14.0. The van der Waals surface area contributed by atoms with Gasteiger partial charge in [-0.15, -0.1) is 0 Å². The van der Waals surface area contributed by atoms with E-state index in [0.29, 0.717) is 0 Å². The Kier molecular flexibility index (Phi) is 15.9. The number of aliphatic carboxylic acids is 1. The summed E-state index contributed by atoms with van der Waals surface area (Å²) in [6.45, 7) is -3.96. The molecule has 5 saturated heterocycles. The standard InChI is InChI=1S/C30H50O27/c31-1-5-9(35)12(38)16(42)27(50-5)57-24-22(11(37)7(3-33)51-30(24)54-21-10(36)6(2-32)49-26(48)19(21)45)55-28-18(44)15(41)20(8(4-34)52-28)53-29-17(43)13(39)14(40)23(56-29)25(46)47/h5-24,26-45,48H,1-4H2,(H,46,47)/t5-,6-,7-,8-,9+,10-,11+,12+,13+,14+,15-,16-,17-,18-,19-,20+,21+,22+,23+,24-,26-,27-,28+,29-,30-/m1/s1. The molecule has 0 unspecified atom stereocenters. The molecule has 0 amide bonds. The van der Waals surface area contributed by atoms with Crippen molar-refractivity contribution in [3.8, 4) is 0 Å². The van der Waals surface area contributed by atoms with Crippen LogP contribution in [0, 0.1) is 0 Å². The van der Waals surface area contributed by atoms with E-state index >= 15 is 0 Å². The minimum absolute atomic E-state index is 0.907. The average molecular weight is 843 g/mol. The second-order valence-corrected chi connectivity index (χ2v) is 14.0. The summed E-state index contributed by atoms with van der Waals surface area (Å²) >= 11 is 0. The first-order chi connectivity index (χ1) is 26.9. The van der Waals surface area contributed by atoms with Crippen molar-refractivity contribution in [2.24, 2.45) is 0 Å². The Morgan fingerprint density at radius 3 is 1.33 bits per heavy atom. The smallest absolute Gasteiger partial charge is 0.335 e. The van der Waals surface area contributed by atoms with Crippen molar-refractivity contribution >= 4 is 5.97 Å². The van der Waals surface area contributed by atoms with Crippen molar-refractivity contribution in [3.05, 3.63) is 0 Å². The SMILES string of the molecule is O=C(O)[C@H]1O[C@@H](O[C@@H]2[C@H](O)[C@@H](O)[C@H](O[C@H]3[C@@H](O)[C@@H](CO)O[C@H](O[C@@H]4[C@@H](O)[C@H](O)O[C@H](CO)[C@H]4O)[C@@H]3O[C@H]3O[C@H](CO)[C@H](O)[C@H](O)[C@H]3O)O[C@@H]2CO)[C@H](O)[C@@H](O)[C@@H]1O. The van der Waals surface area contributed by atoms with E-state index in [1.807, 2.05) is 0 Å². The topological polar surface area (TPSA) is 444 Å². The van der Waals surface area contributed by atoms with Gasteiger partial charge in [0.15, 0.2) is 37.6 Å². The van der Waals surface area contributed by atoms with Crippen molar-refractivity contribution in [2.75, 3.05) is 26.4 Å². The molecule has 27 nitrogen and oxygen atoms in total. The van der Waals surface area contributed by atoms with Gasteiger partial charge >= 0.3 is 5.97 Å². The van der Waals surface area contributed by atoms with Crippen molar-refractivity contribution in [3.63, 3.8) is 0 Å². The molecule has 57 heavy (non-hydrogen) atoms. The molecule has 5 aliphatic heterocycles. The number of carboxylic acid groups (broad SMARTS) is 1. The van der Waals surface area contributed by atoms with Crippen LogP contribution >= 0.6 is 0 Å². The highest BCUT2D eigenvalue weighted by Crippen LogP contribution is 2.37. The first-order valence-corrected chi connectivity index (χ1v) is 17.6. The Hall–Kier alpha value is -1.53. The van der Waals surface area contributed by atoms with Crippen LogP contribution in [0.15, 0.2) is 0 Å². The average Bonchev–Trinajstić information content (AvgIpc) is 3.19. The molecule has 5 rings (SSSR count). The number of aliphatic hydroxyl groups excluding tert-OH is 16. The molecule has 332 valence electrons. The van der Waals surface area contributed by atoms with Crippen LogP contribution in [0.3, 0.4) is 0 Å². The number of ether oxygens (including phenoxy) is 9. The van der Waals surface area contributed by atoms with Crippen LogP contribution in [0.1, 0.15) is 0 Å². The molecule has 0 aromatic carbocycles. The molecule has 0 aromatic heterocycles. The van der Waals surface area contributed by atoms with Crippen LogP contribution in [-0.4, -0.2) is 273 Å². The fraction of sp³-hybridized carbons (Fsp3) is 0.967. The van der Waals surface area contributed by atoms with Gasteiger partial charge < -0.3 is 129 Å². The molecule has 5 aliphatic rings. The zero-order chi connectivity index (χ0) is 42.2. The van der Waals surface area contributed by atoms with Crippen molar-refractivity contribution in [1.29, 1.82) is 0 Å². The van der Waals surface area contributed by atoms with Crippen molar-refractivity contribution in [2.45, 2.75) is 154 Å². The zero-order valence-corrected chi connectivity index (χ0v) is 29.4. The normalized spacial score (nSPS) is 52.4. The lowest BCUT2D eigenvalue weighted by Crippen LogP contribution is -2.69. The van der Waals surface area contributed by atoms with Gasteiger partial charge in [-0.2, -0.15) is 0 Å². The summed E-state index contributed by atoms with van der Waals surface area (Å²) in [6.07, 6.45) is -50.4. The lowest BCUT2D eigenvalue weighted by Gasteiger charge is -2.50. The van der Waals surface area contributed by atoms with Crippen LogP contribution in [0.4, 0.5) is 0 Å². The molecule has 0 saturated carbocycles. The lowest BCUT2D eigenvalue weighted by atomic mass is 9.95. The molecule has 0 radical (unpaired) electrons. The number of hydrogen-bond donors (Lipinski definition) is 17. The first kappa shape index (κ1) is 46.5. The molecule has 5 heterocycles. The minimum atomic E-state index is -2.28. The Bertz CT molecular complexity index is 1280. The molecule has 0 spiro atoms.